The van der Waals surface area contributed by atoms with Crippen molar-refractivity contribution in [3.8, 4) is 0 Å². The first-order chi connectivity index (χ1) is 13.9. The average molecular weight is 389 g/mol. The molecule has 0 radical (unpaired) electrons. The number of benzene rings is 3. The smallest absolute Gasteiger partial charge is 0.338 e. The Morgan fingerprint density at radius 2 is 1.52 bits per heavy atom. The van der Waals surface area contributed by atoms with Crippen LogP contribution in [0.2, 0.25) is 0 Å². The van der Waals surface area contributed by atoms with Crippen LogP contribution in [0.25, 0.3) is 10.8 Å². The van der Waals surface area contributed by atoms with Gasteiger partial charge >= 0.3 is 5.97 Å². The van der Waals surface area contributed by atoms with Gasteiger partial charge in [0.2, 0.25) is 5.91 Å². The van der Waals surface area contributed by atoms with Crippen LogP contribution in [-0.4, -0.2) is 24.3 Å². The van der Waals surface area contributed by atoms with E-state index in [2.05, 4.69) is 5.32 Å². The number of carbonyl (C=O) groups is 3. The van der Waals surface area contributed by atoms with Crippen molar-refractivity contribution in [3.05, 3.63) is 77.9 Å². The number of anilines is 1. The van der Waals surface area contributed by atoms with E-state index in [-0.39, 0.29) is 24.2 Å². The van der Waals surface area contributed by atoms with Crippen LogP contribution in [0.4, 0.5) is 5.69 Å². The largest absolute Gasteiger partial charge is 0.454 e. The zero-order chi connectivity index (χ0) is 20.8. The summed E-state index contributed by atoms with van der Waals surface area (Å²) in [7, 11) is 0. The summed E-state index contributed by atoms with van der Waals surface area (Å²) in [6.07, 6.45) is 0.436. The van der Waals surface area contributed by atoms with Gasteiger partial charge in [-0.2, -0.15) is 0 Å². The molecule has 3 aromatic carbocycles. The number of ether oxygens (including phenoxy) is 1. The molecular weight excluding hydrogens is 366 g/mol. The monoisotopic (exact) mass is 389 g/mol. The number of esters is 1. The number of carbonyl (C=O) groups excluding carboxylic acids is 3. The Balaban J connectivity index is 1.56. The number of hydrogen-bond donors (Lipinski definition) is 1. The second kappa shape index (κ2) is 9.15. The third kappa shape index (κ3) is 5.51. The molecular formula is C24H23NO4. The van der Waals surface area contributed by atoms with Crippen LogP contribution in [0.15, 0.2) is 66.7 Å². The first kappa shape index (κ1) is 20.3. The molecule has 0 spiro atoms. The fourth-order valence-electron chi connectivity index (χ4n) is 2.94. The Hall–Kier alpha value is -3.47. The molecule has 0 atom stereocenters. The Bertz CT molecular complexity index is 1040. The summed E-state index contributed by atoms with van der Waals surface area (Å²) in [6.45, 7) is 3.60. The molecule has 0 aromatic heterocycles. The zero-order valence-electron chi connectivity index (χ0n) is 16.5. The van der Waals surface area contributed by atoms with Crippen molar-refractivity contribution >= 4 is 34.1 Å². The number of amides is 1. The van der Waals surface area contributed by atoms with Crippen molar-refractivity contribution in [2.24, 2.45) is 5.92 Å². The van der Waals surface area contributed by atoms with Crippen LogP contribution in [0.5, 0.6) is 0 Å². The molecule has 0 fully saturated rings. The molecule has 29 heavy (non-hydrogen) atoms. The lowest BCUT2D eigenvalue weighted by molar-refractivity contribution is -0.116. The molecule has 5 nitrogen and oxygen atoms in total. The molecule has 0 aliphatic heterocycles. The number of nitrogens with one attached hydrogen (secondary N) is 1. The van der Waals surface area contributed by atoms with Gasteiger partial charge in [-0.25, -0.2) is 4.79 Å². The molecule has 0 unspecified atom stereocenters. The van der Waals surface area contributed by atoms with Crippen molar-refractivity contribution < 1.29 is 19.1 Å². The van der Waals surface area contributed by atoms with Crippen molar-refractivity contribution in [1.29, 1.82) is 0 Å². The highest BCUT2D eigenvalue weighted by atomic mass is 16.5. The second-order valence-electron chi connectivity index (χ2n) is 7.28. The summed E-state index contributed by atoms with van der Waals surface area (Å²) < 4.78 is 5.17. The van der Waals surface area contributed by atoms with Crippen LogP contribution in [-0.2, 0) is 9.53 Å². The summed E-state index contributed by atoms with van der Waals surface area (Å²) in [6, 6.07) is 19.5. The van der Waals surface area contributed by atoms with Gasteiger partial charge in [0.15, 0.2) is 12.4 Å². The fourth-order valence-corrected chi connectivity index (χ4v) is 2.94. The Kier molecular flexibility index (Phi) is 6.39. The molecule has 0 bridgehead atoms. The van der Waals surface area contributed by atoms with Gasteiger partial charge in [-0.1, -0.05) is 44.2 Å². The number of Topliss-reactive ketones (excluding diaryl/α,β-unsaturated/α-hetero) is 1. The minimum Gasteiger partial charge on any atom is -0.454 e. The lowest BCUT2D eigenvalue weighted by atomic mass is 10.1. The quantitative estimate of drug-likeness (QED) is 0.462. The SMILES string of the molecule is CC(C)CC(=O)Nc1ccc(C(=O)COC(=O)c2ccc3ccccc3c2)cc1. The predicted octanol–water partition coefficient (Wildman–Crippen LogP) is 4.86. The van der Waals surface area contributed by atoms with Crippen molar-refractivity contribution in [3.63, 3.8) is 0 Å². The van der Waals surface area contributed by atoms with Gasteiger partial charge in [0, 0.05) is 17.7 Å². The Morgan fingerprint density at radius 1 is 0.862 bits per heavy atom. The van der Waals surface area contributed by atoms with E-state index in [0.29, 0.717) is 23.2 Å². The van der Waals surface area contributed by atoms with Crippen LogP contribution >= 0.6 is 0 Å². The van der Waals surface area contributed by atoms with Gasteiger partial charge < -0.3 is 10.1 Å². The topological polar surface area (TPSA) is 72.5 Å². The average Bonchev–Trinajstić information content (AvgIpc) is 2.71. The van der Waals surface area contributed by atoms with E-state index in [1.165, 1.54) is 0 Å². The Labute approximate surface area is 169 Å². The standard InChI is InChI=1S/C24H23NO4/c1-16(2)13-23(27)25-21-11-9-18(10-12-21)22(26)15-29-24(28)20-8-7-17-5-3-4-6-19(17)14-20/h3-12,14,16H,13,15H2,1-2H3,(H,25,27). The molecule has 0 aliphatic carbocycles. The van der Waals surface area contributed by atoms with Crippen LogP contribution in [0.3, 0.4) is 0 Å². The molecule has 0 aliphatic rings. The highest BCUT2D eigenvalue weighted by molar-refractivity contribution is 6.01. The fraction of sp³-hybridized carbons (Fsp3) is 0.208. The van der Waals surface area contributed by atoms with Crippen LogP contribution < -0.4 is 5.32 Å². The maximum Gasteiger partial charge on any atom is 0.338 e. The minimum atomic E-state index is -0.540. The van der Waals surface area contributed by atoms with E-state index in [9.17, 15) is 14.4 Å². The maximum absolute atomic E-state index is 12.3. The number of fused-ring (bicyclic) bond motifs is 1. The summed E-state index contributed by atoms with van der Waals surface area (Å²) in [5.74, 6) is -0.641. The molecule has 0 saturated carbocycles. The first-order valence-electron chi connectivity index (χ1n) is 9.51. The highest BCUT2D eigenvalue weighted by Crippen LogP contribution is 2.17. The van der Waals surface area contributed by atoms with E-state index >= 15 is 0 Å². The number of ketones is 1. The van der Waals surface area contributed by atoms with Crippen LogP contribution in [0.1, 0.15) is 41.0 Å². The van der Waals surface area contributed by atoms with E-state index in [1.807, 2.05) is 44.2 Å². The third-order valence-corrected chi connectivity index (χ3v) is 4.40. The van der Waals surface area contributed by atoms with Crippen molar-refractivity contribution in [2.45, 2.75) is 20.3 Å². The van der Waals surface area contributed by atoms with E-state index in [0.717, 1.165) is 10.8 Å². The summed E-state index contributed by atoms with van der Waals surface area (Å²) >= 11 is 0. The minimum absolute atomic E-state index is 0.0663. The second-order valence-corrected chi connectivity index (χ2v) is 7.28. The molecule has 0 saturated heterocycles. The molecule has 1 N–H and O–H groups in total. The molecule has 3 rings (SSSR count). The van der Waals surface area contributed by atoms with Crippen molar-refractivity contribution in [2.75, 3.05) is 11.9 Å². The molecule has 0 heterocycles. The van der Waals surface area contributed by atoms with Gasteiger partial charge in [0.25, 0.3) is 0 Å². The summed E-state index contributed by atoms with van der Waals surface area (Å²) in [4.78, 5) is 36.4. The predicted molar refractivity (Wildman–Crippen MR) is 113 cm³/mol. The lowest BCUT2D eigenvalue weighted by Crippen LogP contribution is -2.15. The first-order valence-corrected chi connectivity index (χ1v) is 9.51. The zero-order valence-corrected chi connectivity index (χ0v) is 16.5. The van der Waals surface area contributed by atoms with E-state index in [4.69, 9.17) is 4.74 Å². The highest BCUT2D eigenvalue weighted by Gasteiger charge is 2.13. The van der Waals surface area contributed by atoms with E-state index < -0.39 is 5.97 Å². The summed E-state index contributed by atoms with van der Waals surface area (Å²) in [5.41, 5.74) is 1.44. The third-order valence-electron chi connectivity index (χ3n) is 4.40. The molecule has 5 heteroatoms. The van der Waals surface area contributed by atoms with E-state index in [1.54, 1.807) is 36.4 Å². The van der Waals surface area contributed by atoms with Gasteiger partial charge in [-0.15, -0.1) is 0 Å². The van der Waals surface area contributed by atoms with Gasteiger partial charge in [-0.05, 0) is 53.1 Å². The summed E-state index contributed by atoms with van der Waals surface area (Å²) in [5, 5.41) is 4.75. The number of rotatable bonds is 7. The van der Waals surface area contributed by atoms with Gasteiger partial charge in [0.1, 0.15) is 0 Å². The molecule has 1 amide bonds. The number of hydrogen-bond acceptors (Lipinski definition) is 4. The molecule has 3 aromatic rings. The van der Waals surface area contributed by atoms with Gasteiger partial charge in [-0.3, -0.25) is 9.59 Å². The normalized spacial score (nSPS) is 10.7. The maximum atomic E-state index is 12.3. The Morgan fingerprint density at radius 3 is 2.21 bits per heavy atom. The van der Waals surface area contributed by atoms with Gasteiger partial charge in [0.05, 0.1) is 5.56 Å². The van der Waals surface area contributed by atoms with Crippen LogP contribution in [0, 0.1) is 5.92 Å². The lowest BCUT2D eigenvalue weighted by Gasteiger charge is -2.08. The van der Waals surface area contributed by atoms with Crippen molar-refractivity contribution in [1.82, 2.24) is 0 Å². The molecule has 148 valence electrons.